The topological polar surface area (TPSA) is 24.7 Å². The Bertz CT molecular complexity index is 492. The summed E-state index contributed by atoms with van der Waals surface area (Å²) in [6.07, 6.45) is 0.982. The van der Waals surface area contributed by atoms with Crippen LogP contribution in [0.15, 0.2) is 26.8 Å². The molecule has 90 valence electrons. The Labute approximate surface area is 111 Å². The lowest BCUT2D eigenvalue weighted by Crippen LogP contribution is -2.17. The summed E-state index contributed by atoms with van der Waals surface area (Å²) in [6, 6.07) is 4.36. The predicted octanol–water partition coefficient (Wildman–Crippen LogP) is 4.27. The van der Waals surface area contributed by atoms with Crippen molar-refractivity contribution >= 4 is 27.4 Å². The monoisotopic (exact) mass is 292 g/mol. The highest BCUT2D eigenvalue weighted by Gasteiger charge is 2.17. The second kappa shape index (κ2) is 4.73. The van der Waals surface area contributed by atoms with Crippen molar-refractivity contribution < 1.29 is 0 Å². The standard InChI is InChI=1S/C14H17BrN2/c1-8-7-13(17-16-11(8)4)12-5-9(2)14(15)10(3)6-12/h5-6,8H,7H2,1-4H3/t8-/m0/s1. The smallest absolute Gasteiger partial charge is 0.0709 e. The fourth-order valence-corrected chi connectivity index (χ4v) is 2.23. The normalized spacial score (nSPS) is 19.9. The fraction of sp³-hybridized carbons (Fsp3) is 0.429. The molecule has 1 aromatic carbocycles. The Morgan fingerprint density at radius 3 is 2.24 bits per heavy atom. The van der Waals surface area contributed by atoms with Crippen molar-refractivity contribution in [2.75, 3.05) is 0 Å². The van der Waals surface area contributed by atoms with Crippen molar-refractivity contribution in [3.8, 4) is 0 Å². The van der Waals surface area contributed by atoms with Crippen LogP contribution in [-0.2, 0) is 0 Å². The van der Waals surface area contributed by atoms with Crippen LogP contribution in [0.25, 0.3) is 0 Å². The fourth-order valence-electron chi connectivity index (χ4n) is 2.00. The lowest BCUT2D eigenvalue weighted by molar-refractivity contribution is 0.784. The van der Waals surface area contributed by atoms with Crippen LogP contribution in [0.1, 0.15) is 37.0 Å². The number of rotatable bonds is 1. The average molecular weight is 293 g/mol. The molecule has 1 heterocycles. The van der Waals surface area contributed by atoms with Crippen LogP contribution in [0.4, 0.5) is 0 Å². The van der Waals surface area contributed by atoms with E-state index in [0.29, 0.717) is 5.92 Å². The molecule has 0 saturated carbocycles. The number of hydrogen-bond donors (Lipinski definition) is 0. The molecule has 0 unspecified atom stereocenters. The molecule has 0 aromatic heterocycles. The summed E-state index contributed by atoms with van der Waals surface area (Å²) in [7, 11) is 0. The third-order valence-electron chi connectivity index (χ3n) is 3.31. The van der Waals surface area contributed by atoms with Crippen LogP contribution < -0.4 is 0 Å². The summed E-state index contributed by atoms with van der Waals surface area (Å²) >= 11 is 3.59. The molecule has 0 radical (unpaired) electrons. The van der Waals surface area contributed by atoms with E-state index in [9.17, 15) is 0 Å². The SMILES string of the molecule is CC1=NN=C(c2cc(C)c(Br)c(C)c2)C[C@@H]1C. The molecular formula is C14H17BrN2. The molecule has 0 spiro atoms. The molecule has 17 heavy (non-hydrogen) atoms. The first-order valence-electron chi connectivity index (χ1n) is 5.87. The van der Waals surface area contributed by atoms with E-state index in [1.54, 1.807) is 0 Å². The quantitative estimate of drug-likeness (QED) is 0.738. The van der Waals surface area contributed by atoms with Crippen molar-refractivity contribution in [2.45, 2.75) is 34.1 Å². The molecule has 1 aliphatic heterocycles. The molecule has 0 aliphatic carbocycles. The lowest BCUT2D eigenvalue weighted by Gasteiger charge is -2.17. The van der Waals surface area contributed by atoms with Crippen molar-refractivity contribution in [3.63, 3.8) is 0 Å². The summed E-state index contributed by atoms with van der Waals surface area (Å²) in [5.41, 5.74) is 5.93. The van der Waals surface area contributed by atoms with Crippen LogP contribution in [0.2, 0.25) is 0 Å². The minimum atomic E-state index is 0.492. The van der Waals surface area contributed by atoms with Gasteiger partial charge in [0.2, 0.25) is 0 Å². The third-order valence-corrected chi connectivity index (χ3v) is 4.56. The van der Waals surface area contributed by atoms with Gasteiger partial charge in [0.1, 0.15) is 0 Å². The van der Waals surface area contributed by atoms with E-state index in [1.165, 1.54) is 21.2 Å². The van der Waals surface area contributed by atoms with Gasteiger partial charge in [-0.3, -0.25) is 0 Å². The molecule has 0 fully saturated rings. The number of nitrogens with zero attached hydrogens (tertiary/aromatic N) is 2. The highest BCUT2D eigenvalue weighted by Crippen LogP contribution is 2.25. The van der Waals surface area contributed by atoms with E-state index in [0.717, 1.165) is 17.8 Å². The summed E-state index contributed by atoms with van der Waals surface area (Å²) < 4.78 is 1.19. The summed E-state index contributed by atoms with van der Waals surface area (Å²) in [5.74, 6) is 0.492. The van der Waals surface area contributed by atoms with E-state index in [1.807, 2.05) is 6.92 Å². The maximum atomic E-state index is 4.33. The summed E-state index contributed by atoms with van der Waals surface area (Å²) in [6.45, 7) is 8.47. The molecule has 3 heteroatoms. The number of halogens is 1. The number of benzene rings is 1. The highest BCUT2D eigenvalue weighted by atomic mass is 79.9. The Balaban J connectivity index is 2.43. The van der Waals surface area contributed by atoms with Crippen molar-refractivity contribution in [1.29, 1.82) is 0 Å². The molecule has 0 N–H and O–H groups in total. The Morgan fingerprint density at radius 1 is 1.12 bits per heavy atom. The van der Waals surface area contributed by atoms with Crippen LogP contribution in [-0.4, -0.2) is 11.4 Å². The molecule has 2 rings (SSSR count). The number of hydrogen-bond acceptors (Lipinski definition) is 2. The highest BCUT2D eigenvalue weighted by molar-refractivity contribution is 9.10. The Morgan fingerprint density at radius 2 is 1.71 bits per heavy atom. The van der Waals surface area contributed by atoms with Crippen LogP contribution in [0.5, 0.6) is 0 Å². The molecular weight excluding hydrogens is 276 g/mol. The summed E-state index contributed by atoms with van der Waals surface area (Å²) in [4.78, 5) is 0. The first-order valence-corrected chi connectivity index (χ1v) is 6.66. The van der Waals surface area contributed by atoms with E-state index in [-0.39, 0.29) is 0 Å². The average Bonchev–Trinajstić information content (AvgIpc) is 2.29. The molecule has 1 aliphatic rings. The number of aryl methyl sites for hydroxylation is 2. The van der Waals surface area contributed by atoms with Gasteiger partial charge in [-0.2, -0.15) is 10.2 Å². The van der Waals surface area contributed by atoms with Crippen LogP contribution in [0, 0.1) is 19.8 Å². The van der Waals surface area contributed by atoms with E-state index in [4.69, 9.17) is 0 Å². The minimum Gasteiger partial charge on any atom is -0.160 e. The van der Waals surface area contributed by atoms with E-state index in [2.05, 4.69) is 59.0 Å². The van der Waals surface area contributed by atoms with Gasteiger partial charge in [-0.25, -0.2) is 0 Å². The van der Waals surface area contributed by atoms with Gasteiger partial charge < -0.3 is 0 Å². The zero-order valence-electron chi connectivity index (χ0n) is 10.7. The van der Waals surface area contributed by atoms with Gasteiger partial charge in [0.15, 0.2) is 0 Å². The lowest BCUT2D eigenvalue weighted by atomic mass is 9.93. The molecule has 1 atom stereocenters. The zero-order chi connectivity index (χ0) is 12.6. The molecule has 2 nitrogen and oxygen atoms in total. The molecule has 1 aromatic rings. The zero-order valence-corrected chi connectivity index (χ0v) is 12.3. The van der Waals surface area contributed by atoms with Crippen molar-refractivity contribution in [1.82, 2.24) is 0 Å². The third kappa shape index (κ3) is 2.49. The van der Waals surface area contributed by atoms with Crippen LogP contribution >= 0.6 is 15.9 Å². The maximum absolute atomic E-state index is 4.33. The second-order valence-corrected chi connectivity index (χ2v) is 5.61. The van der Waals surface area contributed by atoms with Crippen molar-refractivity contribution in [2.24, 2.45) is 16.1 Å². The Kier molecular flexibility index (Phi) is 3.48. The predicted molar refractivity (Wildman–Crippen MR) is 77.0 cm³/mol. The summed E-state index contributed by atoms with van der Waals surface area (Å²) in [5, 5.41) is 8.58. The molecule has 0 saturated heterocycles. The van der Waals surface area contributed by atoms with Crippen LogP contribution in [0.3, 0.4) is 0 Å². The van der Waals surface area contributed by atoms with Gasteiger partial charge in [-0.1, -0.05) is 22.9 Å². The second-order valence-electron chi connectivity index (χ2n) is 4.82. The first-order chi connectivity index (χ1) is 7.99. The van der Waals surface area contributed by atoms with Gasteiger partial charge in [0, 0.05) is 16.1 Å². The minimum absolute atomic E-state index is 0.492. The molecule has 0 bridgehead atoms. The van der Waals surface area contributed by atoms with Gasteiger partial charge in [0.25, 0.3) is 0 Å². The molecule has 0 amide bonds. The first kappa shape index (κ1) is 12.5. The van der Waals surface area contributed by atoms with Crippen molar-refractivity contribution in [3.05, 3.63) is 33.3 Å². The Hall–Kier alpha value is -0.960. The van der Waals surface area contributed by atoms with E-state index >= 15 is 0 Å². The largest absolute Gasteiger partial charge is 0.160 e. The van der Waals surface area contributed by atoms with Gasteiger partial charge >= 0.3 is 0 Å². The van der Waals surface area contributed by atoms with Gasteiger partial charge in [-0.15, -0.1) is 0 Å². The van der Waals surface area contributed by atoms with E-state index < -0.39 is 0 Å². The van der Waals surface area contributed by atoms with Gasteiger partial charge in [-0.05, 0) is 56.0 Å². The van der Waals surface area contributed by atoms with Gasteiger partial charge in [0.05, 0.1) is 5.71 Å². The maximum Gasteiger partial charge on any atom is 0.0709 e.